The Kier molecular flexibility index (Phi) is 3.11. The quantitative estimate of drug-likeness (QED) is 0.681. The third-order valence-electron chi connectivity index (χ3n) is 2.27. The highest BCUT2D eigenvalue weighted by atomic mass is 127. The van der Waals surface area contributed by atoms with Crippen LogP contribution in [0.15, 0.2) is 28.8 Å². The highest BCUT2D eigenvalue weighted by Crippen LogP contribution is 2.22. The van der Waals surface area contributed by atoms with E-state index in [-0.39, 0.29) is 11.7 Å². The Hall–Kier alpha value is -1.68. The molecule has 0 saturated carbocycles. The molecule has 0 aliphatic rings. The number of hydrogen-bond donors (Lipinski definition) is 1. The van der Waals surface area contributed by atoms with Gasteiger partial charge in [-0.2, -0.15) is 7.88 Å². The summed E-state index contributed by atoms with van der Waals surface area (Å²) in [5, 5.41) is 10.4. The number of nitrogens with zero attached hydrogens (tertiary/aromatic N) is 4. The van der Waals surface area contributed by atoms with Crippen molar-refractivity contribution in [2.24, 2.45) is 0 Å². The van der Waals surface area contributed by atoms with Crippen molar-refractivity contribution >= 4 is 57.5 Å². The number of fused-ring (bicyclic) bond motifs is 1. The van der Waals surface area contributed by atoms with Crippen molar-refractivity contribution in [2.45, 2.75) is 0 Å². The fourth-order valence-corrected chi connectivity index (χ4v) is 1.99. The fourth-order valence-electron chi connectivity index (χ4n) is 1.46. The summed E-state index contributed by atoms with van der Waals surface area (Å²) in [5.74, 6) is -0.444. The maximum absolute atomic E-state index is 11.8. The van der Waals surface area contributed by atoms with Crippen LogP contribution in [0.2, 0.25) is 5.02 Å². The van der Waals surface area contributed by atoms with Crippen LogP contribution in [-0.2, 0) is 0 Å². The summed E-state index contributed by atoms with van der Waals surface area (Å²) >= 11 is 7.73. The maximum Gasteiger partial charge on any atom is 0.302 e. The van der Waals surface area contributed by atoms with Gasteiger partial charge in [0.25, 0.3) is 5.91 Å². The second-order valence-electron chi connectivity index (χ2n) is 3.58. The van der Waals surface area contributed by atoms with Crippen molar-refractivity contribution in [3.05, 3.63) is 35.1 Å². The van der Waals surface area contributed by atoms with E-state index < -0.39 is 5.91 Å². The molecule has 3 aromatic rings. The summed E-state index contributed by atoms with van der Waals surface area (Å²) < 4.78 is 6.76. The van der Waals surface area contributed by atoms with Crippen molar-refractivity contribution in [1.82, 2.24) is 18.2 Å². The molecule has 1 amide bonds. The molecule has 0 spiro atoms. The lowest BCUT2D eigenvalue weighted by Gasteiger charge is -1.94. The topological polar surface area (TPSA) is 85.8 Å². The zero-order valence-corrected chi connectivity index (χ0v) is 12.1. The van der Waals surface area contributed by atoms with E-state index in [4.69, 9.17) is 16.0 Å². The molecule has 1 N–H and O–H groups in total. The lowest BCUT2D eigenvalue weighted by molar-refractivity contribution is 0.101. The molecule has 2 aromatic heterocycles. The van der Waals surface area contributed by atoms with E-state index in [0.29, 0.717) is 16.1 Å². The third-order valence-corrected chi connectivity index (χ3v) is 2.98. The summed E-state index contributed by atoms with van der Waals surface area (Å²) in [5.41, 5.74) is 1.28. The lowest BCUT2D eigenvalue weighted by atomic mass is 10.3. The van der Waals surface area contributed by atoms with Gasteiger partial charge in [-0.15, -0.1) is 5.10 Å². The number of nitrogens with one attached hydrogen (secondary N) is 1. The van der Waals surface area contributed by atoms with E-state index >= 15 is 0 Å². The Morgan fingerprint density at radius 2 is 2.32 bits per heavy atom. The summed E-state index contributed by atoms with van der Waals surface area (Å²) in [6, 6.07) is 5.10. The highest BCUT2D eigenvalue weighted by molar-refractivity contribution is 14.1. The first kappa shape index (κ1) is 12.4. The number of aromatic nitrogens is 4. The van der Waals surface area contributed by atoms with Gasteiger partial charge in [0.1, 0.15) is 5.52 Å². The first-order valence-electron chi connectivity index (χ1n) is 5.08. The summed E-state index contributed by atoms with van der Waals surface area (Å²) in [6.45, 7) is 0. The predicted octanol–water partition coefficient (Wildman–Crippen LogP) is 2.52. The molecule has 0 saturated heterocycles. The minimum Gasteiger partial charge on any atom is -0.423 e. The van der Waals surface area contributed by atoms with Crippen molar-refractivity contribution < 1.29 is 9.21 Å². The van der Waals surface area contributed by atoms with Crippen LogP contribution < -0.4 is 5.32 Å². The number of halogens is 2. The lowest BCUT2D eigenvalue weighted by Crippen LogP contribution is -2.12. The molecule has 3 rings (SSSR count). The zero-order chi connectivity index (χ0) is 13.4. The smallest absolute Gasteiger partial charge is 0.302 e. The van der Waals surface area contributed by atoms with Crippen LogP contribution in [-0.4, -0.2) is 24.1 Å². The molecule has 0 aliphatic heterocycles. The fraction of sp³-hybridized carbons (Fsp3) is 0. The number of benzene rings is 1. The Balaban J connectivity index is 1.87. The minimum absolute atomic E-state index is 0.0882. The van der Waals surface area contributed by atoms with Crippen LogP contribution in [0.3, 0.4) is 0 Å². The second kappa shape index (κ2) is 4.78. The van der Waals surface area contributed by atoms with Crippen LogP contribution >= 0.6 is 34.5 Å². The van der Waals surface area contributed by atoms with Crippen molar-refractivity contribution in [3.63, 3.8) is 0 Å². The molecule has 9 heteroatoms. The van der Waals surface area contributed by atoms with Gasteiger partial charge in [0.2, 0.25) is 0 Å². The van der Waals surface area contributed by atoms with Crippen LogP contribution in [0.5, 0.6) is 0 Å². The van der Waals surface area contributed by atoms with Crippen molar-refractivity contribution in [3.8, 4) is 0 Å². The van der Waals surface area contributed by atoms with E-state index in [9.17, 15) is 4.79 Å². The van der Waals surface area contributed by atoms with Crippen molar-refractivity contribution in [2.75, 3.05) is 5.32 Å². The second-order valence-corrected chi connectivity index (χ2v) is 5.00. The van der Waals surface area contributed by atoms with Gasteiger partial charge in [-0.05, 0) is 18.2 Å². The molecule has 19 heavy (non-hydrogen) atoms. The number of carbonyl (C=O) groups is 1. The first-order valence-corrected chi connectivity index (χ1v) is 6.42. The normalized spacial score (nSPS) is 10.8. The Morgan fingerprint density at radius 1 is 1.47 bits per heavy atom. The zero-order valence-electron chi connectivity index (χ0n) is 9.17. The molecule has 0 fully saturated rings. The van der Waals surface area contributed by atoms with E-state index in [2.05, 4.69) is 20.6 Å². The number of anilines is 1. The summed E-state index contributed by atoms with van der Waals surface area (Å²) in [7, 11) is 0. The van der Waals surface area contributed by atoms with Gasteiger partial charge in [-0.1, -0.05) is 16.8 Å². The van der Waals surface area contributed by atoms with Gasteiger partial charge in [0.05, 0.1) is 29.1 Å². The van der Waals surface area contributed by atoms with Crippen LogP contribution in [0.1, 0.15) is 10.5 Å². The largest absolute Gasteiger partial charge is 0.423 e. The van der Waals surface area contributed by atoms with Crippen LogP contribution in [0.4, 0.5) is 6.01 Å². The standard InChI is InChI=1S/C10H5ClIN5O2/c11-5-1-2-8-6(3-5)13-10(19-8)14-9(18)7-4-17(12)16-15-7/h1-4H,(H,13,14,18). The Morgan fingerprint density at radius 3 is 3.05 bits per heavy atom. The van der Waals surface area contributed by atoms with Gasteiger partial charge >= 0.3 is 6.01 Å². The van der Waals surface area contributed by atoms with Gasteiger partial charge in [-0.25, -0.2) is 0 Å². The average Bonchev–Trinajstić information content (AvgIpc) is 2.94. The predicted molar refractivity (Wildman–Crippen MR) is 76.4 cm³/mol. The molecule has 7 nitrogen and oxygen atoms in total. The van der Waals surface area contributed by atoms with Crippen molar-refractivity contribution in [1.29, 1.82) is 0 Å². The van der Waals surface area contributed by atoms with Gasteiger partial charge in [0.15, 0.2) is 11.3 Å². The molecule has 96 valence electrons. The summed E-state index contributed by atoms with van der Waals surface area (Å²) in [6.07, 6.45) is 1.48. The Labute approximate surface area is 125 Å². The Bertz CT molecular complexity index is 768. The molecular formula is C10H5ClIN5O2. The van der Waals surface area contributed by atoms with Crippen LogP contribution in [0, 0.1) is 0 Å². The molecule has 0 aliphatic carbocycles. The van der Waals surface area contributed by atoms with Gasteiger partial charge < -0.3 is 4.42 Å². The highest BCUT2D eigenvalue weighted by Gasteiger charge is 2.14. The number of oxazole rings is 1. The van der Waals surface area contributed by atoms with Crippen LogP contribution in [0.25, 0.3) is 11.1 Å². The number of carbonyl (C=O) groups excluding carboxylic acids is 1. The number of rotatable bonds is 2. The molecule has 0 bridgehead atoms. The number of hydrogen-bond acceptors (Lipinski definition) is 5. The molecular weight excluding hydrogens is 384 g/mol. The van der Waals surface area contributed by atoms with E-state index in [0.717, 1.165) is 0 Å². The third kappa shape index (κ3) is 2.54. The molecule has 0 radical (unpaired) electrons. The molecule has 0 atom stereocenters. The number of amides is 1. The minimum atomic E-state index is -0.444. The molecule has 0 unspecified atom stereocenters. The molecule has 1 aromatic carbocycles. The van der Waals surface area contributed by atoms with E-state index in [1.807, 2.05) is 22.9 Å². The van der Waals surface area contributed by atoms with E-state index in [1.165, 1.54) is 9.09 Å². The SMILES string of the molecule is O=C(Nc1nc2cc(Cl)ccc2o1)c1cn(I)nn1. The first-order chi connectivity index (χ1) is 9.11. The average molecular weight is 390 g/mol. The summed E-state index contributed by atoms with van der Waals surface area (Å²) in [4.78, 5) is 15.9. The monoisotopic (exact) mass is 389 g/mol. The maximum atomic E-state index is 11.8. The molecule has 2 heterocycles. The van der Waals surface area contributed by atoms with Gasteiger partial charge in [0, 0.05) is 5.02 Å². The van der Waals surface area contributed by atoms with E-state index in [1.54, 1.807) is 18.2 Å². The van der Waals surface area contributed by atoms with Gasteiger partial charge in [-0.3, -0.25) is 10.1 Å².